The maximum Gasteiger partial charge on any atom is 0.155 e. The van der Waals surface area contributed by atoms with Crippen LogP contribution in [0.25, 0.3) is 0 Å². The van der Waals surface area contributed by atoms with Crippen molar-refractivity contribution >= 4 is 15.5 Å². The molecule has 0 heterocycles. The molecule has 0 spiro atoms. The van der Waals surface area contributed by atoms with Crippen molar-refractivity contribution < 1.29 is 17.5 Å². The lowest BCUT2D eigenvalue weighted by atomic mass is 10.3. The first-order valence-electron chi connectivity index (χ1n) is 5.22. The quantitative estimate of drug-likeness (QED) is 0.817. The highest BCUT2D eigenvalue weighted by atomic mass is 32.2. The maximum absolute atomic E-state index is 12.7. The standard InChI is InChI=1S/C11H16FNO3S/c1-8(2)17(14,15)6-5-16-11-4-3-9(12)7-10(11)13/h3-4,7-8H,5-6,13H2,1-2H3. The van der Waals surface area contributed by atoms with Crippen LogP contribution in [0.5, 0.6) is 5.75 Å². The lowest BCUT2D eigenvalue weighted by Crippen LogP contribution is -2.22. The molecule has 96 valence electrons. The van der Waals surface area contributed by atoms with Crippen LogP contribution in [0.3, 0.4) is 0 Å². The third-order valence-electron chi connectivity index (χ3n) is 2.32. The monoisotopic (exact) mass is 261 g/mol. The summed E-state index contributed by atoms with van der Waals surface area (Å²) in [6, 6.07) is 3.72. The lowest BCUT2D eigenvalue weighted by Gasteiger charge is -2.10. The topological polar surface area (TPSA) is 69.4 Å². The smallest absolute Gasteiger partial charge is 0.155 e. The Bertz CT molecular complexity index is 485. The largest absolute Gasteiger partial charge is 0.490 e. The Labute approximate surface area is 101 Å². The van der Waals surface area contributed by atoms with Crippen molar-refractivity contribution in [3.05, 3.63) is 24.0 Å². The number of sulfone groups is 1. The minimum absolute atomic E-state index is 0.0103. The number of rotatable bonds is 5. The van der Waals surface area contributed by atoms with Crippen LogP contribution in [0.2, 0.25) is 0 Å². The molecule has 0 aliphatic carbocycles. The van der Waals surface area contributed by atoms with Crippen LogP contribution in [-0.2, 0) is 9.84 Å². The summed E-state index contributed by atoms with van der Waals surface area (Å²) in [6.45, 7) is 3.24. The zero-order valence-electron chi connectivity index (χ0n) is 9.81. The maximum atomic E-state index is 12.7. The van der Waals surface area contributed by atoms with Crippen molar-refractivity contribution in [1.29, 1.82) is 0 Å². The van der Waals surface area contributed by atoms with E-state index in [9.17, 15) is 12.8 Å². The van der Waals surface area contributed by atoms with Crippen LogP contribution in [-0.4, -0.2) is 26.0 Å². The van der Waals surface area contributed by atoms with E-state index < -0.39 is 20.9 Å². The highest BCUT2D eigenvalue weighted by Gasteiger charge is 2.16. The van der Waals surface area contributed by atoms with Crippen molar-refractivity contribution in [2.75, 3.05) is 18.1 Å². The van der Waals surface area contributed by atoms with Gasteiger partial charge in [-0.3, -0.25) is 0 Å². The van der Waals surface area contributed by atoms with Gasteiger partial charge in [0.25, 0.3) is 0 Å². The summed E-state index contributed by atoms with van der Waals surface area (Å²) in [6.07, 6.45) is 0. The second-order valence-corrected chi connectivity index (χ2v) is 6.62. The lowest BCUT2D eigenvalue weighted by molar-refractivity contribution is 0.342. The van der Waals surface area contributed by atoms with Gasteiger partial charge in [0.15, 0.2) is 9.84 Å². The van der Waals surface area contributed by atoms with E-state index in [2.05, 4.69) is 0 Å². The van der Waals surface area contributed by atoms with Gasteiger partial charge < -0.3 is 10.5 Å². The molecule has 0 unspecified atom stereocenters. The fraction of sp³-hybridized carbons (Fsp3) is 0.455. The predicted molar refractivity (Wildman–Crippen MR) is 65.2 cm³/mol. The second kappa shape index (κ2) is 5.35. The number of hydrogen-bond acceptors (Lipinski definition) is 4. The van der Waals surface area contributed by atoms with Gasteiger partial charge in [0.2, 0.25) is 0 Å². The number of halogens is 1. The van der Waals surface area contributed by atoms with E-state index in [-0.39, 0.29) is 18.0 Å². The molecule has 0 saturated carbocycles. The molecule has 0 aliphatic heterocycles. The summed E-state index contributed by atoms with van der Waals surface area (Å²) >= 11 is 0. The van der Waals surface area contributed by atoms with Crippen molar-refractivity contribution in [1.82, 2.24) is 0 Å². The van der Waals surface area contributed by atoms with E-state index in [1.807, 2.05) is 0 Å². The number of ether oxygens (including phenoxy) is 1. The normalized spacial score (nSPS) is 11.8. The van der Waals surface area contributed by atoms with Crippen LogP contribution in [0.1, 0.15) is 13.8 Å². The zero-order valence-corrected chi connectivity index (χ0v) is 10.6. The molecule has 4 nitrogen and oxygen atoms in total. The van der Waals surface area contributed by atoms with Crippen molar-refractivity contribution in [3.63, 3.8) is 0 Å². The SMILES string of the molecule is CC(C)S(=O)(=O)CCOc1ccc(F)cc1N. The van der Waals surface area contributed by atoms with Crippen LogP contribution in [0.15, 0.2) is 18.2 Å². The number of anilines is 1. The summed E-state index contributed by atoms with van der Waals surface area (Å²) in [5.74, 6) is -0.239. The molecule has 0 amide bonds. The number of nitrogens with two attached hydrogens (primary N) is 1. The first kappa shape index (κ1) is 13.8. The average Bonchev–Trinajstić information content (AvgIpc) is 2.21. The van der Waals surface area contributed by atoms with E-state index in [1.54, 1.807) is 13.8 Å². The molecule has 1 aromatic carbocycles. The Morgan fingerprint density at radius 2 is 2.06 bits per heavy atom. The molecule has 17 heavy (non-hydrogen) atoms. The molecular formula is C11H16FNO3S. The van der Waals surface area contributed by atoms with Crippen molar-refractivity contribution in [2.45, 2.75) is 19.1 Å². The van der Waals surface area contributed by atoms with E-state index in [0.717, 1.165) is 6.07 Å². The molecule has 2 N–H and O–H groups in total. The Morgan fingerprint density at radius 3 is 2.59 bits per heavy atom. The molecule has 0 aromatic heterocycles. The average molecular weight is 261 g/mol. The van der Waals surface area contributed by atoms with Gasteiger partial charge in [0.1, 0.15) is 18.2 Å². The highest BCUT2D eigenvalue weighted by molar-refractivity contribution is 7.91. The Kier molecular flexibility index (Phi) is 4.34. The number of benzene rings is 1. The number of hydrogen-bond donors (Lipinski definition) is 1. The molecule has 0 radical (unpaired) electrons. The molecule has 0 atom stereocenters. The van der Waals surface area contributed by atoms with E-state index in [4.69, 9.17) is 10.5 Å². The molecule has 0 fully saturated rings. The third-order valence-corrected chi connectivity index (χ3v) is 4.49. The van der Waals surface area contributed by atoms with Gasteiger partial charge in [-0.2, -0.15) is 0 Å². The number of nitrogen functional groups attached to an aromatic ring is 1. The second-order valence-electron chi connectivity index (χ2n) is 3.95. The summed E-state index contributed by atoms with van der Waals surface area (Å²) in [5, 5.41) is -0.434. The molecule has 1 aromatic rings. The fourth-order valence-electron chi connectivity index (χ4n) is 1.15. The van der Waals surface area contributed by atoms with Gasteiger partial charge in [0.05, 0.1) is 16.7 Å². The van der Waals surface area contributed by atoms with Crippen LogP contribution in [0.4, 0.5) is 10.1 Å². The van der Waals surface area contributed by atoms with Gasteiger partial charge in [-0.1, -0.05) is 0 Å². The Balaban J connectivity index is 2.58. The van der Waals surface area contributed by atoms with Crippen LogP contribution in [0, 0.1) is 5.82 Å². The molecule has 0 aliphatic rings. The summed E-state index contributed by atoms with van der Waals surface area (Å²) in [7, 11) is -3.13. The van der Waals surface area contributed by atoms with Gasteiger partial charge >= 0.3 is 0 Å². The summed E-state index contributed by atoms with van der Waals surface area (Å²) in [5.41, 5.74) is 5.68. The van der Waals surface area contributed by atoms with Crippen LogP contribution >= 0.6 is 0 Å². The predicted octanol–water partition coefficient (Wildman–Crippen LogP) is 1.61. The minimum Gasteiger partial charge on any atom is -0.490 e. The molecule has 0 bridgehead atoms. The Hall–Kier alpha value is -1.30. The molecular weight excluding hydrogens is 245 g/mol. The fourth-order valence-corrected chi connectivity index (χ4v) is 1.94. The van der Waals surface area contributed by atoms with E-state index in [0.29, 0.717) is 5.75 Å². The van der Waals surface area contributed by atoms with Gasteiger partial charge in [0, 0.05) is 6.07 Å². The minimum atomic E-state index is -3.13. The van der Waals surface area contributed by atoms with Crippen LogP contribution < -0.4 is 10.5 Å². The van der Waals surface area contributed by atoms with E-state index in [1.165, 1.54) is 12.1 Å². The first-order valence-corrected chi connectivity index (χ1v) is 6.94. The first-order chi connectivity index (χ1) is 7.83. The van der Waals surface area contributed by atoms with Gasteiger partial charge in [-0.25, -0.2) is 12.8 Å². The van der Waals surface area contributed by atoms with Crippen molar-refractivity contribution in [3.8, 4) is 5.75 Å². The summed E-state index contributed by atoms with van der Waals surface area (Å²) < 4.78 is 40.9. The van der Waals surface area contributed by atoms with Gasteiger partial charge in [-0.05, 0) is 26.0 Å². The highest BCUT2D eigenvalue weighted by Crippen LogP contribution is 2.21. The third kappa shape index (κ3) is 3.89. The zero-order chi connectivity index (χ0) is 13.1. The van der Waals surface area contributed by atoms with Crippen molar-refractivity contribution in [2.24, 2.45) is 0 Å². The summed E-state index contributed by atoms with van der Waals surface area (Å²) in [4.78, 5) is 0. The van der Waals surface area contributed by atoms with Gasteiger partial charge in [-0.15, -0.1) is 0 Å². The molecule has 1 rings (SSSR count). The van der Waals surface area contributed by atoms with E-state index >= 15 is 0 Å². The Morgan fingerprint density at radius 1 is 1.41 bits per heavy atom. The molecule has 0 saturated heterocycles. The molecule has 6 heteroatoms.